The summed E-state index contributed by atoms with van der Waals surface area (Å²) in [7, 11) is 2.75. The fourth-order valence-electron chi connectivity index (χ4n) is 5.48. The molecule has 2 heterocycles. The minimum absolute atomic E-state index is 0.0287. The Morgan fingerprint density at radius 1 is 1.14 bits per heavy atom. The van der Waals surface area contributed by atoms with Crippen LogP contribution >= 0.6 is 0 Å². The van der Waals surface area contributed by atoms with Crippen molar-refractivity contribution in [3.63, 3.8) is 0 Å². The maximum atomic E-state index is 13.1. The van der Waals surface area contributed by atoms with Gasteiger partial charge in [0.1, 0.15) is 5.54 Å². The number of likely N-dealkylation sites (N-methyl/N-ethyl adjacent to an activating group) is 1. The number of aliphatic carboxylic acids is 1. The van der Waals surface area contributed by atoms with E-state index in [1.54, 1.807) is 4.90 Å². The molecule has 13 heteroatoms. The molecule has 3 fully saturated rings. The Morgan fingerprint density at radius 2 is 1.69 bits per heavy atom. The molecule has 1 aliphatic carbocycles. The van der Waals surface area contributed by atoms with Gasteiger partial charge in [0.15, 0.2) is 0 Å². The van der Waals surface area contributed by atoms with Gasteiger partial charge in [-0.2, -0.15) is 13.2 Å². The number of rotatable bonds is 6. The van der Waals surface area contributed by atoms with Gasteiger partial charge in [0, 0.05) is 32.1 Å². The number of fused-ring (bicyclic) bond motifs is 1. The molecule has 3 amide bonds. The van der Waals surface area contributed by atoms with Crippen molar-refractivity contribution in [2.45, 2.75) is 70.1 Å². The lowest BCUT2D eigenvalue weighted by Crippen LogP contribution is -2.58. The highest BCUT2D eigenvalue weighted by Gasteiger charge is 2.67. The zero-order valence-electron chi connectivity index (χ0n) is 20.9. The normalized spacial score (nSPS) is 28.3. The number of alkyl halides is 3. The molecule has 0 aromatic rings. The average molecular weight is 522 g/mol. The van der Waals surface area contributed by atoms with Crippen molar-refractivity contribution in [1.29, 1.82) is 0 Å². The molecule has 36 heavy (non-hydrogen) atoms. The van der Waals surface area contributed by atoms with Crippen LogP contribution in [0.5, 0.6) is 0 Å². The molecular weight excluding hydrogens is 487 g/mol. The second kappa shape index (κ2) is 11.6. The summed E-state index contributed by atoms with van der Waals surface area (Å²) in [6.45, 7) is 4.57. The predicted octanol–water partition coefficient (Wildman–Crippen LogP) is 1.57. The number of carboxylic acids is 1. The first-order chi connectivity index (χ1) is 16.8. The Balaban J connectivity index is 0.000000572. The number of hydrogen-bond acceptors (Lipinski definition) is 7. The van der Waals surface area contributed by atoms with Gasteiger partial charge in [-0.3, -0.25) is 29.4 Å². The third kappa shape index (κ3) is 5.65. The number of hydrogen-bond donors (Lipinski definition) is 2. The summed E-state index contributed by atoms with van der Waals surface area (Å²) in [5.74, 6) is -5.26. The van der Waals surface area contributed by atoms with Gasteiger partial charge in [-0.1, -0.05) is 26.2 Å². The van der Waals surface area contributed by atoms with E-state index in [1.165, 1.54) is 20.6 Å². The van der Waals surface area contributed by atoms with Gasteiger partial charge >= 0.3 is 18.1 Å². The summed E-state index contributed by atoms with van der Waals surface area (Å²) >= 11 is 0. The molecule has 2 aliphatic heterocycles. The zero-order valence-corrected chi connectivity index (χ0v) is 20.9. The Bertz CT molecular complexity index is 876. The third-order valence-corrected chi connectivity index (χ3v) is 7.39. The first-order valence-corrected chi connectivity index (χ1v) is 12.0. The van der Waals surface area contributed by atoms with Crippen molar-refractivity contribution >= 4 is 29.7 Å². The first-order valence-electron chi connectivity index (χ1n) is 12.0. The Labute approximate surface area is 207 Å². The molecule has 3 rings (SSSR count). The molecule has 3 aliphatic rings. The van der Waals surface area contributed by atoms with Crippen LogP contribution < -0.4 is 5.32 Å². The van der Waals surface area contributed by atoms with Gasteiger partial charge < -0.3 is 14.7 Å². The van der Waals surface area contributed by atoms with Crippen LogP contribution in [0.1, 0.15) is 52.4 Å². The second-order valence-electron chi connectivity index (χ2n) is 9.32. The number of carboxylic acid groups (broad SMARTS) is 1. The van der Waals surface area contributed by atoms with E-state index < -0.39 is 41.5 Å². The molecule has 10 nitrogen and oxygen atoms in total. The molecule has 2 N–H and O–H groups in total. The van der Waals surface area contributed by atoms with Crippen LogP contribution in [0.4, 0.5) is 13.2 Å². The summed E-state index contributed by atoms with van der Waals surface area (Å²) in [5, 5.41) is 10.4. The lowest BCUT2D eigenvalue weighted by atomic mass is 9.78. The number of nitrogens with one attached hydrogen (secondary N) is 1. The standard InChI is InChI=1S/C21H33N3O5.C2HF3O2/c1-5-21(20(28)29-4)16-15(18(26)23(3)19(16)27)14(22-21)12-24(6-2)17(25)13-10-8-7-9-11-13;3-2(4,5)1(6)7/h13-16,22H,5-12H2,1-4H3;(H,6,7)/t14-,15+,16-,21-;/m1./s1. The molecule has 4 atom stereocenters. The van der Waals surface area contributed by atoms with Crippen molar-refractivity contribution in [2.24, 2.45) is 17.8 Å². The molecule has 1 saturated carbocycles. The number of amides is 3. The number of nitrogens with zero attached hydrogens (tertiary/aromatic N) is 2. The minimum atomic E-state index is -5.08. The molecule has 0 radical (unpaired) electrons. The molecule has 0 spiro atoms. The topological polar surface area (TPSA) is 133 Å². The summed E-state index contributed by atoms with van der Waals surface area (Å²) in [6.07, 6.45) is 0.359. The Morgan fingerprint density at radius 3 is 2.14 bits per heavy atom. The van der Waals surface area contributed by atoms with Crippen LogP contribution in [0.15, 0.2) is 0 Å². The van der Waals surface area contributed by atoms with Gasteiger partial charge in [0.25, 0.3) is 0 Å². The molecular formula is C23H34F3N3O7. The fraction of sp³-hybridized carbons (Fsp3) is 0.783. The van der Waals surface area contributed by atoms with E-state index >= 15 is 0 Å². The Kier molecular flexibility index (Phi) is 9.49. The summed E-state index contributed by atoms with van der Waals surface area (Å²) < 4.78 is 36.7. The smallest absolute Gasteiger partial charge is 0.475 e. The quantitative estimate of drug-likeness (QED) is 0.398. The molecule has 204 valence electrons. The van der Waals surface area contributed by atoms with Crippen molar-refractivity contribution in [1.82, 2.24) is 15.1 Å². The van der Waals surface area contributed by atoms with E-state index in [1.807, 2.05) is 13.8 Å². The van der Waals surface area contributed by atoms with Gasteiger partial charge in [-0.15, -0.1) is 0 Å². The maximum absolute atomic E-state index is 13.1. The van der Waals surface area contributed by atoms with E-state index in [9.17, 15) is 32.3 Å². The van der Waals surface area contributed by atoms with E-state index in [0.717, 1.165) is 30.6 Å². The average Bonchev–Trinajstić information content (AvgIpc) is 3.30. The van der Waals surface area contributed by atoms with Crippen molar-refractivity contribution in [3.8, 4) is 0 Å². The monoisotopic (exact) mass is 521 g/mol. The van der Waals surface area contributed by atoms with Crippen molar-refractivity contribution in [3.05, 3.63) is 0 Å². The number of ether oxygens (including phenoxy) is 1. The SMILES string of the molecule is CCN(C[C@H]1N[C@@](CC)(C(=O)OC)[C@H]2C(=O)N(C)C(=O)[C@@H]12)C(=O)C1CCCCC1.O=C(O)C(F)(F)F. The van der Waals surface area contributed by atoms with Crippen LogP contribution in [0.3, 0.4) is 0 Å². The number of carbonyl (C=O) groups excluding carboxylic acids is 4. The fourth-order valence-corrected chi connectivity index (χ4v) is 5.48. The minimum Gasteiger partial charge on any atom is -0.475 e. The molecule has 2 saturated heterocycles. The van der Waals surface area contributed by atoms with Crippen LogP contribution in [-0.4, -0.2) is 89.6 Å². The van der Waals surface area contributed by atoms with Gasteiger partial charge in [-0.25, -0.2) is 4.79 Å². The number of esters is 1. The highest BCUT2D eigenvalue weighted by molar-refractivity contribution is 6.09. The molecule has 0 aromatic carbocycles. The lowest BCUT2D eigenvalue weighted by molar-refractivity contribution is -0.192. The lowest BCUT2D eigenvalue weighted by Gasteiger charge is -2.33. The van der Waals surface area contributed by atoms with Gasteiger partial charge in [0.05, 0.1) is 18.9 Å². The highest BCUT2D eigenvalue weighted by atomic mass is 19.4. The Hall–Kier alpha value is -2.70. The number of halogens is 3. The summed E-state index contributed by atoms with van der Waals surface area (Å²) in [4.78, 5) is 63.3. The van der Waals surface area contributed by atoms with Crippen molar-refractivity contribution in [2.75, 3.05) is 27.2 Å². The van der Waals surface area contributed by atoms with Crippen molar-refractivity contribution < 1.29 is 47.0 Å². The highest BCUT2D eigenvalue weighted by Crippen LogP contribution is 2.45. The van der Waals surface area contributed by atoms with Crippen LogP contribution in [0, 0.1) is 17.8 Å². The number of imide groups is 1. The van der Waals surface area contributed by atoms with Crippen LogP contribution in [-0.2, 0) is 28.7 Å². The first kappa shape index (κ1) is 29.5. The molecule has 0 bridgehead atoms. The van der Waals surface area contributed by atoms with Gasteiger partial charge in [-0.05, 0) is 26.2 Å². The third-order valence-electron chi connectivity index (χ3n) is 7.39. The largest absolute Gasteiger partial charge is 0.490 e. The van der Waals surface area contributed by atoms with E-state index in [-0.39, 0.29) is 23.6 Å². The number of carbonyl (C=O) groups is 5. The predicted molar refractivity (Wildman–Crippen MR) is 119 cm³/mol. The van der Waals surface area contributed by atoms with E-state index in [0.29, 0.717) is 19.5 Å². The van der Waals surface area contributed by atoms with E-state index in [4.69, 9.17) is 14.6 Å². The zero-order chi connectivity index (χ0) is 27.4. The van der Waals surface area contributed by atoms with Gasteiger partial charge in [0.2, 0.25) is 17.7 Å². The number of likely N-dealkylation sites (tertiary alicyclic amines) is 1. The molecule has 0 unspecified atom stereocenters. The summed E-state index contributed by atoms with van der Waals surface area (Å²) in [6, 6.07) is -0.465. The summed E-state index contributed by atoms with van der Waals surface area (Å²) in [5.41, 5.74) is -1.24. The van der Waals surface area contributed by atoms with Crippen LogP contribution in [0.25, 0.3) is 0 Å². The molecule has 0 aromatic heterocycles. The van der Waals surface area contributed by atoms with E-state index in [2.05, 4.69) is 5.32 Å². The second-order valence-corrected chi connectivity index (χ2v) is 9.32. The maximum Gasteiger partial charge on any atom is 0.490 e. The number of methoxy groups -OCH3 is 1. The van der Waals surface area contributed by atoms with Crippen LogP contribution in [0.2, 0.25) is 0 Å².